The molecule has 1 aliphatic carbocycles. The van der Waals surface area contributed by atoms with Gasteiger partial charge in [-0.05, 0) is 30.9 Å². The van der Waals surface area contributed by atoms with Gasteiger partial charge in [-0.2, -0.15) is 0 Å². The highest BCUT2D eigenvalue weighted by molar-refractivity contribution is 5.77. The van der Waals surface area contributed by atoms with Crippen LogP contribution in [0.15, 0.2) is 18.2 Å². The van der Waals surface area contributed by atoms with E-state index in [2.05, 4.69) is 5.32 Å². The minimum absolute atomic E-state index is 0.194. The number of hydrogen-bond acceptors (Lipinski definition) is 2. The number of urea groups is 1. The third-order valence-corrected chi connectivity index (χ3v) is 5.47. The van der Waals surface area contributed by atoms with Crippen molar-refractivity contribution in [2.75, 3.05) is 19.6 Å². The fraction of sp³-hybridized carbons (Fsp3) is 0.556. The summed E-state index contributed by atoms with van der Waals surface area (Å²) >= 11 is 0. The Kier molecular flexibility index (Phi) is 4.92. The van der Waals surface area contributed by atoms with Gasteiger partial charge in [0.2, 0.25) is 0 Å². The maximum absolute atomic E-state index is 14.3. The van der Waals surface area contributed by atoms with E-state index in [0.717, 1.165) is 31.7 Å². The average molecular weight is 352 g/mol. The van der Waals surface area contributed by atoms with E-state index in [-0.39, 0.29) is 19.1 Å². The van der Waals surface area contributed by atoms with Gasteiger partial charge in [-0.1, -0.05) is 18.9 Å². The summed E-state index contributed by atoms with van der Waals surface area (Å²) in [5.74, 6) is -2.62. The van der Waals surface area contributed by atoms with Crippen LogP contribution in [-0.4, -0.2) is 41.6 Å². The van der Waals surface area contributed by atoms with Crippen LogP contribution in [-0.2, 0) is 10.2 Å². The number of rotatable bonds is 4. The van der Waals surface area contributed by atoms with Gasteiger partial charge in [0.15, 0.2) is 0 Å². The summed E-state index contributed by atoms with van der Waals surface area (Å²) in [6, 6.07) is 3.28. The molecule has 2 N–H and O–H groups in total. The largest absolute Gasteiger partial charge is 0.481 e. The van der Waals surface area contributed by atoms with E-state index in [1.165, 1.54) is 17.0 Å². The molecular weight excluding hydrogens is 330 g/mol. The monoisotopic (exact) mass is 352 g/mol. The second-order valence-corrected chi connectivity index (χ2v) is 7.04. The van der Waals surface area contributed by atoms with Crippen LogP contribution in [0.2, 0.25) is 0 Å². The Bertz CT molecular complexity index is 674. The molecule has 2 aliphatic rings. The summed E-state index contributed by atoms with van der Waals surface area (Å²) in [5.41, 5.74) is -0.0872. The standard InChI is InChI=1S/C18H22F2N2O3/c19-13-3-4-14(15(20)9-13)18(6-1-2-7-18)11-21-17(25)22-8-5-12(10-22)16(23)24/h3-4,9,12H,1-2,5-8,10-11H2,(H,21,25)(H,23,24). The quantitative estimate of drug-likeness (QED) is 0.875. The summed E-state index contributed by atoms with van der Waals surface area (Å²) in [6.45, 7) is 0.864. The maximum atomic E-state index is 14.3. The Hall–Kier alpha value is -2.18. The fourth-order valence-electron chi connectivity index (χ4n) is 4.02. The SMILES string of the molecule is O=C(O)C1CCN(C(=O)NCC2(c3ccc(F)cc3F)CCCC2)C1. The number of nitrogens with zero attached hydrogens (tertiary/aromatic N) is 1. The van der Waals surface area contributed by atoms with Gasteiger partial charge in [-0.25, -0.2) is 13.6 Å². The van der Waals surface area contributed by atoms with Crippen LogP contribution in [0.1, 0.15) is 37.7 Å². The molecule has 136 valence electrons. The number of amides is 2. The first-order valence-corrected chi connectivity index (χ1v) is 8.62. The third-order valence-electron chi connectivity index (χ3n) is 5.47. The topological polar surface area (TPSA) is 69.6 Å². The molecule has 3 rings (SSSR count). The van der Waals surface area contributed by atoms with Crippen LogP contribution >= 0.6 is 0 Å². The Morgan fingerprint density at radius 3 is 2.60 bits per heavy atom. The number of halogens is 2. The number of nitrogens with one attached hydrogen (secondary N) is 1. The minimum atomic E-state index is -0.893. The number of carboxylic acid groups (broad SMARTS) is 1. The smallest absolute Gasteiger partial charge is 0.317 e. The lowest BCUT2D eigenvalue weighted by molar-refractivity contribution is -0.141. The molecule has 1 atom stereocenters. The molecule has 1 saturated carbocycles. The van der Waals surface area contributed by atoms with E-state index in [4.69, 9.17) is 5.11 Å². The molecule has 2 amide bonds. The van der Waals surface area contributed by atoms with Crippen LogP contribution in [0.5, 0.6) is 0 Å². The van der Waals surface area contributed by atoms with E-state index in [9.17, 15) is 18.4 Å². The van der Waals surface area contributed by atoms with E-state index in [0.29, 0.717) is 18.5 Å². The Morgan fingerprint density at radius 1 is 1.28 bits per heavy atom. The first kappa shape index (κ1) is 17.6. The molecule has 7 heteroatoms. The molecule has 25 heavy (non-hydrogen) atoms. The van der Waals surface area contributed by atoms with Gasteiger partial charge in [0.1, 0.15) is 11.6 Å². The van der Waals surface area contributed by atoms with Crippen molar-refractivity contribution in [1.29, 1.82) is 0 Å². The molecule has 2 fully saturated rings. The average Bonchev–Trinajstić information content (AvgIpc) is 3.23. The summed E-state index contributed by atoms with van der Waals surface area (Å²) < 4.78 is 27.5. The van der Waals surface area contributed by atoms with Gasteiger partial charge in [0.05, 0.1) is 5.92 Å². The molecule has 0 radical (unpaired) electrons. The van der Waals surface area contributed by atoms with Crippen LogP contribution in [0, 0.1) is 17.6 Å². The Labute approximate surface area is 145 Å². The van der Waals surface area contributed by atoms with E-state index in [1.54, 1.807) is 0 Å². The van der Waals surface area contributed by atoms with Crippen molar-refractivity contribution in [2.45, 2.75) is 37.5 Å². The first-order chi connectivity index (χ1) is 11.9. The molecule has 5 nitrogen and oxygen atoms in total. The van der Waals surface area contributed by atoms with Crippen LogP contribution < -0.4 is 5.32 Å². The highest BCUT2D eigenvalue weighted by atomic mass is 19.1. The maximum Gasteiger partial charge on any atom is 0.317 e. The van der Waals surface area contributed by atoms with Crippen molar-refractivity contribution in [3.63, 3.8) is 0 Å². The van der Waals surface area contributed by atoms with Crippen molar-refractivity contribution in [3.05, 3.63) is 35.4 Å². The zero-order valence-electron chi connectivity index (χ0n) is 13.9. The number of likely N-dealkylation sites (tertiary alicyclic amines) is 1. The van der Waals surface area contributed by atoms with Gasteiger partial charge < -0.3 is 15.3 Å². The highest BCUT2D eigenvalue weighted by Gasteiger charge is 2.39. The third kappa shape index (κ3) is 3.60. The Morgan fingerprint density at radius 2 is 2.00 bits per heavy atom. The molecule has 1 aromatic rings. The normalized spacial score (nSPS) is 22.2. The second kappa shape index (κ2) is 6.98. The fourth-order valence-corrected chi connectivity index (χ4v) is 4.02. The minimum Gasteiger partial charge on any atom is -0.481 e. The number of hydrogen-bond donors (Lipinski definition) is 2. The lowest BCUT2D eigenvalue weighted by atomic mass is 9.78. The van der Waals surface area contributed by atoms with Crippen LogP contribution in [0.3, 0.4) is 0 Å². The molecular formula is C18H22F2N2O3. The number of benzene rings is 1. The summed E-state index contributed by atoms with van der Waals surface area (Å²) in [5, 5.41) is 11.9. The van der Waals surface area contributed by atoms with Crippen molar-refractivity contribution < 1.29 is 23.5 Å². The number of carbonyl (C=O) groups is 2. The zero-order valence-corrected chi connectivity index (χ0v) is 13.9. The van der Waals surface area contributed by atoms with Gasteiger partial charge in [0.25, 0.3) is 0 Å². The summed E-state index contributed by atoms with van der Waals surface area (Å²) in [6.07, 6.45) is 3.76. The van der Waals surface area contributed by atoms with Gasteiger partial charge in [0, 0.05) is 31.1 Å². The van der Waals surface area contributed by atoms with Crippen molar-refractivity contribution >= 4 is 12.0 Å². The van der Waals surface area contributed by atoms with E-state index >= 15 is 0 Å². The van der Waals surface area contributed by atoms with Crippen LogP contribution in [0.25, 0.3) is 0 Å². The molecule has 1 saturated heterocycles. The Balaban J connectivity index is 1.69. The van der Waals surface area contributed by atoms with Gasteiger partial charge in [-0.15, -0.1) is 0 Å². The van der Waals surface area contributed by atoms with E-state index < -0.39 is 28.9 Å². The zero-order chi connectivity index (χ0) is 18.0. The molecule has 0 spiro atoms. The number of carbonyl (C=O) groups excluding carboxylic acids is 1. The molecule has 1 aliphatic heterocycles. The van der Waals surface area contributed by atoms with Gasteiger partial charge in [-0.3, -0.25) is 4.79 Å². The second-order valence-electron chi connectivity index (χ2n) is 7.04. The lowest BCUT2D eigenvalue weighted by Crippen LogP contribution is -2.45. The molecule has 1 unspecified atom stereocenters. The van der Waals surface area contributed by atoms with Crippen LogP contribution in [0.4, 0.5) is 13.6 Å². The lowest BCUT2D eigenvalue weighted by Gasteiger charge is -2.31. The van der Waals surface area contributed by atoms with Crippen molar-refractivity contribution in [1.82, 2.24) is 10.2 Å². The summed E-state index contributed by atoms with van der Waals surface area (Å²) in [4.78, 5) is 24.8. The molecule has 1 heterocycles. The van der Waals surface area contributed by atoms with Crippen molar-refractivity contribution in [2.24, 2.45) is 5.92 Å². The molecule has 0 bridgehead atoms. The number of carboxylic acids is 1. The first-order valence-electron chi connectivity index (χ1n) is 8.62. The predicted molar refractivity (Wildman–Crippen MR) is 87.2 cm³/mol. The summed E-state index contributed by atoms with van der Waals surface area (Å²) in [7, 11) is 0. The molecule has 0 aromatic heterocycles. The number of aliphatic carboxylic acids is 1. The van der Waals surface area contributed by atoms with E-state index in [1.807, 2.05) is 0 Å². The van der Waals surface area contributed by atoms with Gasteiger partial charge >= 0.3 is 12.0 Å². The highest BCUT2D eigenvalue weighted by Crippen LogP contribution is 2.41. The van der Waals surface area contributed by atoms with Crippen molar-refractivity contribution in [3.8, 4) is 0 Å². The molecule has 1 aromatic carbocycles. The predicted octanol–water partition coefficient (Wildman–Crippen LogP) is 2.89.